The van der Waals surface area contributed by atoms with Crippen molar-refractivity contribution in [3.05, 3.63) is 45.1 Å². The first-order valence-corrected chi connectivity index (χ1v) is 7.52. The van der Waals surface area contributed by atoms with Crippen molar-refractivity contribution in [2.75, 3.05) is 0 Å². The third-order valence-corrected chi connectivity index (χ3v) is 4.45. The van der Waals surface area contributed by atoms with Gasteiger partial charge in [-0.1, -0.05) is 41.0 Å². The van der Waals surface area contributed by atoms with Gasteiger partial charge in [-0.15, -0.1) is 0 Å². The third-order valence-electron chi connectivity index (χ3n) is 3.62. The van der Waals surface area contributed by atoms with Gasteiger partial charge in [0, 0.05) is 16.1 Å². The first-order chi connectivity index (χ1) is 8.74. The number of halogens is 1. The highest BCUT2D eigenvalue weighted by Crippen LogP contribution is 2.33. The summed E-state index contributed by atoms with van der Waals surface area (Å²) in [6, 6.07) is 10.3. The lowest BCUT2D eigenvalue weighted by Crippen LogP contribution is -1.99. The van der Waals surface area contributed by atoms with Crippen LogP contribution in [0.2, 0.25) is 0 Å². The van der Waals surface area contributed by atoms with Crippen molar-refractivity contribution in [1.29, 1.82) is 0 Å². The van der Waals surface area contributed by atoms with Gasteiger partial charge in [-0.25, -0.2) is 4.68 Å². The number of aromatic amines is 1. The average Bonchev–Trinajstić information content (AvgIpc) is 2.99. The zero-order valence-electron chi connectivity index (χ0n) is 10.0. The van der Waals surface area contributed by atoms with E-state index in [1.165, 1.54) is 31.4 Å². The summed E-state index contributed by atoms with van der Waals surface area (Å²) in [5, 5.41) is 3.46. The summed E-state index contributed by atoms with van der Waals surface area (Å²) in [6.45, 7) is 0. The summed E-state index contributed by atoms with van der Waals surface area (Å²) >= 11 is 8.89. The van der Waals surface area contributed by atoms with Crippen LogP contribution in [-0.4, -0.2) is 9.78 Å². The minimum absolute atomic E-state index is 0.670. The van der Waals surface area contributed by atoms with Crippen LogP contribution in [0.5, 0.6) is 0 Å². The smallest absolute Gasteiger partial charge is 0.127 e. The largest absolute Gasteiger partial charge is 0.297 e. The summed E-state index contributed by atoms with van der Waals surface area (Å²) < 4.78 is 3.94. The minimum Gasteiger partial charge on any atom is -0.297 e. The van der Waals surface area contributed by atoms with E-state index in [0.717, 1.165) is 14.8 Å². The predicted molar refractivity (Wildman–Crippen MR) is 79.9 cm³/mol. The Morgan fingerprint density at radius 3 is 2.50 bits per heavy atom. The van der Waals surface area contributed by atoms with Crippen LogP contribution in [-0.2, 0) is 0 Å². The summed E-state index contributed by atoms with van der Waals surface area (Å²) in [5.41, 5.74) is 2.38. The lowest BCUT2D eigenvalue weighted by molar-refractivity contribution is 0.678. The Hall–Kier alpha value is -0.870. The van der Waals surface area contributed by atoms with Crippen LogP contribution >= 0.6 is 28.1 Å². The van der Waals surface area contributed by atoms with E-state index < -0.39 is 0 Å². The number of benzene rings is 1. The second kappa shape index (κ2) is 5.02. The van der Waals surface area contributed by atoms with E-state index in [4.69, 9.17) is 12.2 Å². The van der Waals surface area contributed by atoms with E-state index in [1.54, 1.807) is 0 Å². The van der Waals surface area contributed by atoms with Crippen molar-refractivity contribution >= 4 is 28.1 Å². The molecule has 1 saturated carbocycles. The Bertz CT molecular complexity index is 591. The Balaban J connectivity index is 1.97. The second-order valence-corrected chi connectivity index (χ2v) is 6.18. The topological polar surface area (TPSA) is 20.7 Å². The molecule has 1 fully saturated rings. The van der Waals surface area contributed by atoms with Crippen LogP contribution in [0.4, 0.5) is 0 Å². The molecule has 0 spiro atoms. The summed E-state index contributed by atoms with van der Waals surface area (Å²) in [6.07, 6.45) is 5.26. The fourth-order valence-electron chi connectivity index (χ4n) is 2.64. The van der Waals surface area contributed by atoms with Crippen molar-refractivity contribution in [3.63, 3.8) is 0 Å². The number of nitrogens with zero attached hydrogens (tertiary/aromatic N) is 1. The molecule has 1 aromatic heterocycles. The highest BCUT2D eigenvalue weighted by Gasteiger charge is 2.19. The first-order valence-electron chi connectivity index (χ1n) is 6.32. The van der Waals surface area contributed by atoms with Gasteiger partial charge in [0.25, 0.3) is 0 Å². The lowest BCUT2D eigenvalue weighted by Gasteiger charge is -2.07. The van der Waals surface area contributed by atoms with Crippen LogP contribution in [0, 0.1) is 4.64 Å². The summed E-state index contributed by atoms with van der Waals surface area (Å²) in [4.78, 5) is 0. The molecule has 0 amide bonds. The molecule has 1 aliphatic carbocycles. The summed E-state index contributed by atoms with van der Waals surface area (Å²) in [7, 11) is 0. The van der Waals surface area contributed by atoms with Crippen molar-refractivity contribution < 1.29 is 0 Å². The molecule has 2 nitrogen and oxygen atoms in total. The average molecular weight is 323 g/mol. The molecule has 94 valence electrons. The number of nitrogens with one attached hydrogen (secondary N) is 1. The van der Waals surface area contributed by atoms with Gasteiger partial charge < -0.3 is 0 Å². The quantitative estimate of drug-likeness (QED) is 0.775. The molecular formula is C14H15BrN2S. The molecule has 0 aliphatic heterocycles. The highest BCUT2D eigenvalue weighted by molar-refractivity contribution is 9.10. The molecular weight excluding hydrogens is 308 g/mol. The second-order valence-electron chi connectivity index (χ2n) is 4.84. The monoisotopic (exact) mass is 322 g/mol. The molecule has 0 unspecified atom stereocenters. The molecule has 18 heavy (non-hydrogen) atoms. The Morgan fingerprint density at radius 2 is 1.83 bits per heavy atom. The Labute approximate surface area is 120 Å². The fourth-order valence-corrected chi connectivity index (χ4v) is 3.18. The molecule has 0 saturated heterocycles. The van der Waals surface area contributed by atoms with Crippen molar-refractivity contribution in [3.8, 4) is 5.69 Å². The van der Waals surface area contributed by atoms with E-state index in [-0.39, 0.29) is 0 Å². The van der Waals surface area contributed by atoms with Crippen LogP contribution in [0.15, 0.2) is 34.8 Å². The molecule has 2 aromatic rings. The zero-order chi connectivity index (χ0) is 12.5. The van der Waals surface area contributed by atoms with Crippen LogP contribution < -0.4 is 0 Å². The van der Waals surface area contributed by atoms with Gasteiger partial charge >= 0.3 is 0 Å². The standard InChI is InChI=1S/C14H15BrN2S/c15-11-5-7-12(8-6-11)17-14(18)9-13(16-17)10-3-1-2-4-10/h5-10,16H,1-4H2. The van der Waals surface area contributed by atoms with Crippen LogP contribution in [0.3, 0.4) is 0 Å². The predicted octanol–water partition coefficient (Wildman–Crippen LogP) is 4.95. The number of rotatable bonds is 2. The van der Waals surface area contributed by atoms with Gasteiger partial charge in [-0.3, -0.25) is 5.10 Å². The van der Waals surface area contributed by atoms with Gasteiger partial charge in [0.05, 0.1) is 5.69 Å². The summed E-state index contributed by atoms with van der Waals surface area (Å²) in [5.74, 6) is 0.670. The molecule has 1 heterocycles. The number of aromatic nitrogens is 2. The van der Waals surface area contributed by atoms with Gasteiger partial charge in [-0.05, 0) is 43.2 Å². The molecule has 4 heteroatoms. The number of H-pyrrole nitrogens is 1. The SMILES string of the molecule is S=c1cc(C2CCCC2)[nH]n1-c1ccc(Br)cc1. The minimum atomic E-state index is 0.670. The molecule has 0 bridgehead atoms. The van der Waals surface area contributed by atoms with Gasteiger partial charge in [0.15, 0.2) is 0 Å². The number of hydrogen-bond donors (Lipinski definition) is 1. The molecule has 1 aliphatic rings. The molecule has 0 atom stereocenters. The van der Waals surface area contributed by atoms with E-state index in [1.807, 2.05) is 16.8 Å². The number of hydrogen-bond acceptors (Lipinski definition) is 1. The Kier molecular flexibility index (Phi) is 3.39. The zero-order valence-corrected chi connectivity index (χ0v) is 12.4. The van der Waals surface area contributed by atoms with Crippen molar-refractivity contribution in [2.24, 2.45) is 0 Å². The molecule has 1 aromatic carbocycles. The normalized spacial score (nSPS) is 16.3. The van der Waals surface area contributed by atoms with Gasteiger partial charge in [0.2, 0.25) is 0 Å². The third kappa shape index (κ3) is 2.31. The highest BCUT2D eigenvalue weighted by atomic mass is 79.9. The first kappa shape index (κ1) is 12.2. The Morgan fingerprint density at radius 1 is 1.17 bits per heavy atom. The van der Waals surface area contributed by atoms with Crippen molar-refractivity contribution in [2.45, 2.75) is 31.6 Å². The fraction of sp³-hybridized carbons (Fsp3) is 0.357. The maximum Gasteiger partial charge on any atom is 0.127 e. The maximum atomic E-state index is 5.44. The van der Waals surface area contributed by atoms with E-state index in [9.17, 15) is 0 Å². The van der Waals surface area contributed by atoms with E-state index in [2.05, 4.69) is 39.2 Å². The molecule has 0 radical (unpaired) electrons. The lowest BCUT2D eigenvalue weighted by atomic mass is 10.1. The van der Waals surface area contributed by atoms with Crippen LogP contribution in [0.25, 0.3) is 5.69 Å². The van der Waals surface area contributed by atoms with Crippen LogP contribution in [0.1, 0.15) is 37.3 Å². The maximum absolute atomic E-state index is 5.44. The molecule has 1 N–H and O–H groups in total. The van der Waals surface area contributed by atoms with E-state index >= 15 is 0 Å². The van der Waals surface area contributed by atoms with Crippen molar-refractivity contribution in [1.82, 2.24) is 9.78 Å². The van der Waals surface area contributed by atoms with Gasteiger partial charge in [0.1, 0.15) is 4.64 Å². The van der Waals surface area contributed by atoms with Gasteiger partial charge in [-0.2, -0.15) is 0 Å². The van der Waals surface area contributed by atoms with E-state index in [0.29, 0.717) is 5.92 Å². The molecule has 3 rings (SSSR count).